The molecule has 0 N–H and O–H groups in total. The standard InChI is InChI=1S/C26H20ClF4N3O4S/c1-13(26(29,30)31)32-12-34(33-10-9-20(36)23(38-14(2)35)22(33)25(32)37)21-15-5-3-7-18(27)17(15)11-39-24-16(21)6-4-8-19(24)28/h3-10,13,21H,11-12H2,1-2H3/t13-,21+/m1/s1. The smallest absolute Gasteiger partial charge is 0.408 e. The molecule has 0 fully saturated rings. The molecule has 1 amide bonds. The van der Waals surface area contributed by atoms with E-state index in [0.29, 0.717) is 26.6 Å². The maximum Gasteiger partial charge on any atom is 0.408 e. The summed E-state index contributed by atoms with van der Waals surface area (Å²) in [4.78, 5) is 38.8. The van der Waals surface area contributed by atoms with Crippen LogP contribution in [0.2, 0.25) is 5.02 Å². The van der Waals surface area contributed by atoms with Crippen molar-refractivity contribution >= 4 is 35.2 Å². The van der Waals surface area contributed by atoms with Gasteiger partial charge in [-0.25, -0.2) is 4.39 Å². The molecule has 3 heterocycles. The van der Waals surface area contributed by atoms with Crippen molar-refractivity contribution in [1.82, 2.24) is 9.58 Å². The predicted octanol–water partition coefficient (Wildman–Crippen LogP) is 5.26. The van der Waals surface area contributed by atoms with Crippen LogP contribution in [0, 0.1) is 5.82 Å². The number of fused-ring (bicyclic) bond motifs is 3. The van der Waals surface area contributed by atoms with Crippen molar-refractivity contribution in [3.63, 3.8) is 0 Å². The number of amides is 1. The lowest BCUT2D eigenvalue weighted by Crippen LogP contribution is -2.60. The molecule has 3 aromatic rings. The van der Waals surface area contributed by atoms with Crippen molar-refractivity contribution in [3.05, 3.63) is 92.1 Å². The van der Waals surface area contributed by atoms with Crippen molar-refractivity contribution in [2.75, 3.05) is 11.7 Å². The van der Waals surface area contributed by atoms with Gasteiger partial charge in [-0.2, -0.15) is 13.2 Å². The summed E-state index contributed by atoms with van der Waals surface area (Å²) in [5.41, 5.74) is 0.219. The summed E-state index contributed by atoms with van der Waals surface area (Å²) in [6, 6.07) is 7.30. The van der Waals surface area contributed by atoms with E-state index in [0.717, 1.165) is 19.9 Å². The van der Waals surface area contributed by atoms with Gasteiger partial charge in [-0.1, -0.05) is 35.9 Å². The quantitative estimate of drug-likeness (QED) is 0.310. The van der Waals surface area contributed by atoms with Gasteiger partial charge in [0.1, 0.15) is 18.5 Å². The first kappa shape index (κ1) is 27.1. The number of benzene rings is 2. The second-order valence-electron chi connectivity index (χ2n) is 9.03. The lowest BCUT2D eigenvalue weighted by Gasteiger charge is -2.46. The number of ether oxygens (including phenoxy) is 1. The first-order chi connectivity index (χ1) is 18.4. The van der Waals surface area contributed by atoms with Crippen LogP contribution in [0.1, 0.15) is 47.1 Å². The minimum absolute atomic E-state index is 0.268. The maximum absolute atomic E-state index is 15.1. The van der Waals surface area contributed by atoms with Gasteiger partial charge < -0.3 is 9.64 Å². The Morgan fingerprint density at radius 1 is 1.13 bits per heavy atom. The number of halogens is 5. The number of hydrogen-bond donors (Lipinski definition) is 0. The largest absolute Gasteiger partial charge is 0.420 e. The molecule has 0 spiro atoms. The molecule has 0 saturated carbocycles. The molecule has 1 aromatic heterocycles. The summed E-state index contributed by atoms with van der Waals surface area (Å²) in [7, 11) is 0. The molecule has 5 rings (SSSR count). The number of carbonyl (C=O) groups excluding carboxylic acids is 2. The van der Waals surface area contributed by atoms with Gasteiger partial charge in [0.15, 0.2) is 5.69 Å². The Kier molecular flexibility index (Phi) is 6.88. The number of pyridine rings is 1. The van der Waals surface area contributed by atoms with Gasteiger partial charge >= 0.3 is 12.1 Å². The summed E-state index contributed by atoms with van der Waals surface area (Å²) in [5, 5.41) is 1.79. The number of thioether (sulfide) groups is 1. The van der Waals surface area contributed by atoms with Crippen LogP contribution in [0.25, 0.3) is 0 Å². The third-order valence-electron chi connectivity index (χ3n) is 6.66. The molecule has 204 valence electrons. The van der Waals surface area contributed by atoms with Crippen molar-refractivity contribution in [3.8, 4) is 5.75 Å². The first-order valence-corrected chi connectivity index (χ1v) is 13.0. The second-order valence-corrected chi connectivity index (χ2v) is 10.4. The number of esters is 1. The lowest BCUT2D eigenvalue weighted by molar-refractivity contribution is -0.173. The monoisotopic (exact) mass is 581 g/mol. The molecule has 2 aromatic carbocycles. The fourth-order valence-corrected chi connectivity index (χ4v) is 6.27. The molecule has 0 bridgehead atoms. The molecule has 7 nitrogen and oxygen atoms in total. The SMILES string of the molecule is CC(=O)Oc1c2n(ccc1=O)N([C@H]1c3cccc(Cl)c3CSc3c(F)cccc31)CN([C@H](C)C(F)(F)F)C2=O. The predicted molar refractivity (Wildman–Crippen MR) is 136 cm³/mol. The molecule has 0 saturated heterocycles. The summed E-state index contributed by atoms with van der Waals surface area (Å²) >= 11 is 7.72. The highest BCUT2D eigenvalue weighted by atomic mass is 35.5. The van der Waals surface area contributed by atoms with E-state index in [4.69, 9.17) is 16.3 Å². The topological polar surface area (TPSA) is 71.8 Å². The van der Waals surface area contributed by atoms with Gasteiger partial charge in [0.25, 0.3) is 5.91 Å². The Morgan fingerprint density at radius 2 is 1.82 bits per heavy atom. The summed E-state index contributed by atoms with van der Waals surface area (Å²) in [6.45, 7) is 1.23. The zero-order chi connectivity index (χ0) is 28.2. The third kappa shape index (κ3) is 4.65. The third-order valence-corrected chi connectivity index (χ3v) is 8.17. The minimum Gasteiger partial charge on any atom is -0.420 e. The number of rotatable bonds is 3. The Morgan fingerprint density at radius 3 is 2.51 bits per heavy atom. The van der Waals surface area contributed by atoms with Crippen LogP contribution in [0.5, 0.6) is 5.75 Å². The zero-order valence-electron chi connectivity index (χ0n) is 20.5. The molecule has 2 aliphatic rings. The van der Waals surface area contributed by atoms with E-state index in [1.165, 1.54) is 39.8 Å². The van der Waals surface area contributed by atoms with Crippen LogP contribution in [0.15, 0.2) is 58.4 Å². The van der Waals surface area contributed by atoms with E-state index in [1.54, 1.807) is 24.3 Å². The zero-order valence-corrected chi connectivity index (χ0v) is 22.0. The highest BCUT2D eigenvalue weighted by Gasteiger charge is 2.48. The minimum atomic E-state index is -4.81. The second kappa shape index (κ2) is 9.91. The van der Waals surface area contributed by atoms with E-state index < -0.39 is 59.5 Å². The van der Waals surface area contributed by atoms with Crippen LogP contribution in [-0.4, -0.2) is 40.3 Å². The molecule has 39 heavy (non-hydrogen) atoms. The number of hydrogen-bond acceptors (Lipinski definition) is 6. The van der Waals surface area contributed by atoms with Gasteiger partial charge in [-0.3, -0.25) is 24.1 Å². The van der Waals surface area contributed by atoms with E-state index in [2.05, 4.69) is 0 Å². The summed E-state index contributed by atoms with van der Waals surface area (Å²) in [5.74, 6) is -3.03. The van der Waals surface area contributed by atoms with Crippen molar-refractivity contribution < 1.29 is 31.9 Å². The van der Waals surface area contributed by atoms with Crippen LogP contribution >= 0.6 is 23.4 Å². The van der Waals surface area contributed by atoms with Crippen LogP contribution in [0.4, 0.5) is 17.6 Å². The van der Waals surface area contributed by atoms with E-state index in [9.17, 15) is 27.6 Å². The molecule has 0 unspecified atom stereocenters. The van der Waals surface area contributed by atoms with E-state index >= 15 is 4.39 Å². The first-order valence-electron chi connectivity index (χ1n) is 11.7. The molecular formula is C26H20ClF4N3O4S. The summed E-state index contributed by atoms with van der Waals surface area (Å²) in [6.07, 6.45) is -3.59. The number of nitrogens with zero attached hydrogens (tertiary/aromatic N) is 3. The molecule has 0 aliphatic carbocycles. The average Bonchev–Trinajstić information content (AvgIpc) is 3.03. The molecular weight excluding hydrogens is 562 g/mol. The number of aromatic nitrogens is 1. The molecule has 0 radical (unpaired) electrons. The van der Waals surface area contributed by atoms with Gasteiger partial charge in [0, 0.05) is 34.9 Å². The average molecular weight is 582 g/mol. The summed E-state index contributed by atoms with van der Waals surface area (Å²) < 4.78 is 63.2. The van der Waals surface area contributed by atoms with Crippen LogP contribution in [0.3, 0.4) is 0 Å². The van der Waals surface area contributed by atoms with Gasteiger partial charge in [0.05, 0.1) is 6.04 Å². The Bertz CT molecular complexity index is 1510. The Labute approximate surface area is 228 Å². The van der Waals surface area contributed by atoms with Gasteiger partial charge in [-0.15, -0.1) is 11.8 Å². The van der Waals surface area contributed by atoms with E-state index in [1.807, 2.05) is 0 Å². The van der Waals surface area contributed by atoms with Crippen LogP contribution in [-0.2, 0) is 10.5 Å². The molecule has 13 heteroatoms. The van der Waals surface area contributed by atoms with Gasteiger partial charge in [0.2, 0.25) is 11.2 Å². The fourth-order valence-electron chi connectivity index (χ4n) is 4.78. The lowest BCUT2D eigenvalue weighted by atomic mass is 9.94. The normalized spacial score (nSPS) is 17.6. The van der Waals surface area contributed by atoms with E-state index in [-0.39, 0.29) is 10.6 Å². The Balaban J connectivity index is 1.83. The van der Waals surface area contributed by atoms with Crippen molar-refractivity contribution in [2.24, 2.45) is 0 Å². The van der Waals surface area contributed by atoms with Gasteiger partial charge in [-0.05, 0) is 35.7 Å². The number of carbonyl (C=O) groups is 2. The van der Waals surface area contributed by atoms with Crippen molar-refractivity contribution in [1.29, 1.82) is 0 Å². The highest BCUT2D eigenvalue weighted by Crippen LogP contribution is 2.46. The number of alkyl halides is 3. The maximum atomic E-state index is 15.1. The fraction of sp³-hybridized carbons (Fsp3) is 0.269. The molecule has 2 atom stereocenters. The molecule has 2 aliphatic heterocycles. The van der Waals surface area contributed by atoms with Crippen LogP contribution < -0.4 is 15.2 Å². The highest BCUT2D eigenvalue weighted by molar-refractivity contribution is 7.98. The Hall–Kier alpha value is -3.51. The van der Waals surface area contributed by atoms with Crippen molar-refractivity contribution in [2.45, 2.75) is 42.8 Å².